The Labute approximate surface area is 287 Å². The lowest BCUT2D eigenvalue weighted by Crippen LogP contribution is -2.48. The van der Waals surface area contributed by atoms with Crippen LogP contribution in [0.25, 0.3) is 0 Å². The maximum absolute atomic E-state index is 14.1. The molecule has 1 saturated heterocycles. The Balaban J connectivity index is 1.35. The van der Waals surface area contributed by atoms with E-state index in [4.69, 9.17) is 8.83 Å². The highest BCUT2D eigenvalue weighted by Crippen LogP contribution is 2.26. The Hall–Kier alpha value is -5.80. The predicted molar refractivity (Wildman–Crippen MR) is 175 cm³/mol. The van der Waals surface area contributed by atoms with Crippen LogP contribution in [-0.4, -0.2) is 78.9 Å². The first-order chi connectivity index (χ1) is 23.9. The van der Waals surface area contributed by atoms with Gasteiger partial charge in [0.05, 0.1) is 11.8 Å². The fraction of sp³-hybridized carbons (Fsp3) is 0.412. The number of benzene rings is 1. The number of hydrogen-bond donors (Lipinski definition) is 4. The van der Waals surface area contributed by atoms with E-state index in [1.165, 1.54) is 28.3 Å². The number of oxazole rings is 2. The highest BCUT2D eigenvalue weighted by atomic mass is 16.3. The van der Waals surface area contributed by atoms with Crippen molar-refractivity contribution in [3.05, 3.63) is 89.5 Å². The lowest BCUT2D eigenvalue weighted by Gasteiger charge is -2.25. The van der Waals surface area contributed by atoms with Crippen LogP contribution in [0.5, 0.6) is 0 Å². The smallest absolute Gasteiger partial charge is 0.276 e. The maximum atomic E-state index is 14.1. The van der Waals surface area contributed by atoms with Crippen LogP contribution in [0.15, 0.2) is 64.1 Å². The van der Waals surface area contributed by atoms with E-state index in [0.717, 1.165) is 5.56 Å². The molecule has 5 atom stereocenters. The molecule has 6 rings (SSSR count). The molecule has 0 aliphatic carbocycles. The van der Waals surface area contributed by atoms with E-state index in [2.05, 4.69) is 36.3 Å². The van der Waals surface area contributed by atoms with Gasteiger partial charge in [0, 0.05) is 32.3 Å². The molecule has 16 nitrogen and oxygen atoms in total. The predicted octanol–water partition coefficient (Wildman–Crippen LogP) is 1.84. The third kappa shape index (κ3) is 7.58. The van der Waals surface area contributed by atoms with Gasteiger partial charge < -0.3 is 35.0 Å². The second-order valence-electron chi connectivity index (χ2n) is 13.1. The minimum atomic E-state index is -1.04. The number of amides is 5. The Morgan fingerprint density at radius 2 is 1.68 bits per heavy atom. The molecular formula is C34H39N9O7. The van der Waals surface area contributed by atoms with E-state index in [9.17, 15) is 24.0 Å². The van der Waals surface area contributed by atoms with Gasteiger partial charge in [-0.15, -0.1) is 0 Å². The van der Waals surface area contributed by atoms with Crippen LogP contribution >= 0.6 is 0 Å². The molecule has 50 heavy (non-hydrogen) atoms. The van der Waals surface area contributed by atoms with E-state index in [1.54, 1.807) is 20.2 Å². The molecule has 3 aromatic heterocycles. The molecule has 4 aromatic rings. The first kappa shape index (κ1) is 34.1. The summed E-state index contributed by atoms with van der Waals surface area (Å²) in [7, 11) is 1.69. The molecule has 0 spiro atoms. The summed E-state index contributed by atoms with van der Waals surface area (Å²) in [6, 6.07) is 5.15. The average Bonchev–Trinajstić information content (AvgIpc) is 3.90. The summed E-state index contributed by atoms with van der Waals surface area (Å²) in [6.45, 7) is 5.48. The van der Waals surface area contributed by atoms with Gasteiger partial charge in [0.15, 0.2) is 11.4 Å². The molecule has 5 heterocycles. The van der Waals surface area contributed by atoms with Crippen molar-refractivity contribution < 1.29 is 32.8 Å². The molecule has 2 aliphatic heterocycles. The molecule has 16 heteroatoms. The number of rotatable bonds is 6. The van der Waals surface area contributed by atoms with Crippen LogP contribution in [-0.2, 0) is 23.1 Å². The number of fused-ring (bicyclic) bond motifs is 5. The average molecular weight is 686 g/mol. The Morgan fingerprint density at radius 3 is 2.40 bits per heavy atom. The van der Waals surface area contributed by atoms with Crippen LogP contribution in [0.3, 0.4) is 0 Å². The topological polar surface area (TPSA) is 207 Å². The molecule has 5 amide bonds. The molecule has 2 aliphatic rings. The van der Waals surface area contributed by atoms with Crippen molar-refractivity contribution in [2.75, 3.05) is 6.54 Å². The molecule has 1 aromatic carbocycles. The minimum Gasteiger partial charge on any atom is -0.446 e. The first-order valence-electron chi connectivity index (χ1n) is 16.4. The van der Waals surface area contributed by atoms with Crippen LogP contribution in [0.1, 0.15) is 94.4 Å². The zero-order chi connectivity index (χ0) is 35.5. The molecule has 4 N–H and O–H groups in total. The molecule has 262 valence electrons. The van der Waals surface area contributed by atoms with E-state index < -0.39 is 59.7 Å². The largest absolute Gasteiger partial charge is 0.446 e. The third-order valence-corrected chi connectivity index (χ3v) is 8.62. The van der Waals surface area contributed by atoms with Crippen LogP contribution in [0.2, 0.25) is 0 Å². The Morgan fingerprint density at radius 1 is 0.960 bits per heavy atom. The van der Waals surface area contributed by atoms with E-state index in [-0.39, 0.29) is 48.5 Å². The molecule has 0 saturated carbocycles. The third-order valence-electron chi connectivity index (χ3n) is 8.62. The second-order valence-corrected chi connectivity index (χ2v) is 13.1. The molecule has 4 bridgehead atoms. The number of carbonyl (C=O) groups excluding carboxylic acids is 5. The Bertz CT molecular complexity index is 1880. The summed E-state index contributed by atoms with van der Waals surface area (Å²) < 4.78 is 12.9. The SMILES string of the molecule is CC(C)C[C@H]1NC(=O)c2coc(n2)[C@H](Cc2ccccc2)NC(=O)[C@@H]2C[C@H](NC(=O)c3cnn(C)c3)CN2C(=O)c2coc(n2)[C@@H](C)NC1=O. The second kappa shape index (κ2) is 14.4. The van der Waals surface area contributed by atoms with Crippen LogP contribution in [0.4, 0.5) is 0 Å². The van der Waals surface area contributed by atoms with Gasteiger partial charge in [-0.05, 0) is 31.2 Å². The van der Waals surface area contributed by atoms with Crippen molar-refractivity contribution in [2.24, 2.45) is 13.0 Å². The highest BCUT2D eigenvalue weighted by Gasteiger charge is 2.43. The number of aromatic nitrogens is 4. The van der Waals surface area contributed by atoms with Gasteiger partial charge in [-0.2, -0.15) is 5.10 Å². The molecule has 0 unspecified atom stereocenters. The summed E-state index contributed by atoms with van der Waals surface area (Å²) in [5, 5.41) is 15.5. The van der Waals surface area contributed by atoms with Gasteiger partial charge in [-0.1, -0.05) is 44.2 Å². The highest BCUT2D eigenvalue weighted by molar-refractivity contribution is 5.98. The number of hydrogen-bond acceptors (Lipinski definition) is 10. The van der Waals surface area contributed by atoms with Gasteiger partial charge in [-0.25, -0.2) is 9.97 Å². The van der Waals surface area contributed by atoms with Crippen molar-refractivity contribution in [2.45, 2.75) is 70.2 Å². The van der Waals surface area contributed by atoms with Crippen molar-refractivity contribution >= 4 is 29.5 Å². The quantitative estimate of drug-likeness (QED) is 0.232. The standard InChI is InChI=1S/C34H39N9O7/c1-18(2)10-23-29(45)36-19(3)32-41-26(17-49-32)34(48)43-15-22(37-28(44)21-13-35-42(4)14-21)12-27(43)31(47)39-24(11-20-8-6-5-7-9-20)33-40-25(16-50-33)30(46)38-23/h5-9,13-14,16-19,22-24,27H,10-12,15H2,1-4H3,(H,36,45)(H,37,44)(H,38,46)(H,39,47)/t19-,22+,23-,24+,27+/m1/s1. The van der Waals surface area contributed by atoms with Crippen molar-refractivity contribution in [1.82, 2.24) is 45.9 Å². The normalized spacial score (nSPS) is 23.1. The molecule has 1 fully saturated rings. The van der Waals surface area contributed by atoms with Gasteiger partial charge in [0.25, 0.3) is 17.7 Å². The molecular weight excluding hydrogens is 646 g/mol. The summed E-state index contributed by atoms with van der Waals surface area (Å²) in [5.74, 6) is -2.46. The summed E-state index contributed by atoms with van der Waals surface area (Å²) in [6.07, 6.45) is 6.01. The maximum Gasteiger partial charge on any atom is 0.276 e. The van der Waals surface area contributed by atoms with Crippen LogP contribution < -0.4 is 21.3 Å². The van der Waals surface area contributed by atoms with E-state index >= 15 is 0 Å². The van der Waals surface area contributed by atoms with Gasteiger partial charge in [-0.3, -0.25) is 28.7 Å². The monoisotopic (exact) mass is 685 g/mol. The van der Waals surface area contributed by atoms with Gasteiger partial charge >= 0.3 is 0 Å². The van der Waals surface area contributed by atoms with E-state index in [1.807, 2.05) is 44.2 Å². The Kier molecular flexibility index (Phi) is 9.79. The fourth-order valence-electron chi connectivity index (χ4n) is 6.13. The number of nitrogens with zero attached hydrogens (tertiary/aromatic N) is 5. The number of carbonyl (C=O) groups is 5. The van der Waals surface area contributed by atoms with Crippen molar-refractivity contribution in [3.8, 4) is 0 Å². The van der Waals surface area contributed by atoms with Gasteiger partial charge in [0.1, 0.15) is 36.7 Å². The summed E-state index contributed by atoms with van der Waals surface area (Å²) >= 11 is 0. The zero-order valence-corrected chi connectivity index (χ0v) is 28.1. The van der Waals surface area contributed by atoms with Crippen molar-refractivity contribution in [1.29, 1.82) is 0 Å². The number of nitrogens with one attached hydrogen (secondary N) is 4. The molecule has 0 radical (unpaired) electrons. The minimum absolute atomic E-state index is 0.000953. The lowest BCUT2D eigenvalue weighted by molar-refractivity contribution is -0.126. The number of aryl methyl sites for hydroxylation is 1. The summed E-state index contributed by atoms with van der Waals surface area (Å²) in [5.41, 5.74) is 1.03. The van der Waals surface area contributed by atoms with E-state index in [0.29, 0.717) is 12.0 Å². The first-order valence-corrected chi connectivity index (χ1v) is 16.4. The summed E-state index contributed by atoms with van der Waals surface area (Å²) in [4.78, 5) is 78.1. The van der Waals surface area contributed by atoms with Crippen molar-refractivity contribution in [3.63, 3.8) is 0 Å². The fourth-order valence-corrected chi connectivity index (χ4v) is 6.13. The zero-order valence-electron chi connectivity index (χ0n) is 28.1. The van der Waals surface area contributed by atoms with Crippen LogP contribution in [0, 0.1) is 5.92 Å². The lowest BCUT2D eigenvalue weighted by atomic mass is 10.0. The van der Waals surface area contributed by atoms with Gasteiger partial charge in [0.2, 0.25) is 23.6 Å².